The molecule has 2 aromatic carbocycles. The molecule has 2 aromatic heterocycles. The average Bonchev–Trinajstić information content (AvgIpc) is 3.11. The molecule has 4 rings (SSSR count). The quantitative estimate of drug-likeness (QED) is 0.514. The summed E-state index contributed by atoms with van der Waals surface area (Å²) in [5.74, 6) is 1.18. The van der Waals surface area contributed by atoms with E-state index in [0.29, 0.717) is 21.0 Å². The zero-order valence-corrected chi connectivity index (χ0v) is 15.8. The van der Waals surface area contributed by atoms with Gasteiger partial charge in [0.05, 0.1) is 29.8 Å². The van der Waals surface area contributed by atoms with Gasteiger partial charge in [0, 0.05) is 10.0 Å². The normalized spacial score (nSPS) is 12.2. The molecule has 0 unspecified atom stereocenters. The SMILES string of the molecule is COc1cc(Br)cc(/C=c2/sc3nc4ccccc4n3c2=O)c1OC. The Kier molecular flexibility index (Phi) is 3.97. The van der Waals surface area contributed by atoms with Crippen molar-refractivity contribution in [3.63, 3.8) is 0 Å². The predicted octanol–water partition coefficient (Wildman–Crippen LogP) is 3.24. The molecule has 126 valence electrons. The predicted molar refractivity (Wildman–Crippen MR) is 103 cm³/mol. The number of halogens is 1. The van der Waals surface area contributed by atoms with Gasteiger partial charge in [0.15, 0.2) is 16.5 Å². The Morgan fingerprint density at radius 3 is 2.76 bits per heavy atom. The zero-order valence-electron chi connectivity index (χ0n) is 13.4. The monoisotopic (exact) mass is 416 g/mol. The van der Waals surface area contributed by atoms with Crippen LogP contribution in [0.25, 0.3) is 22.1 Å². The molecule has 0 amide bonds. The third kappa shape index (κ3) is 2.60. The number of imidazole rings is 1. The van der Waals surface area contributed by atoms with Crippen molar-refractivity contribution in [3.05, 3.63) is 61.3 Å². The lowest BCUT2D eigenvalue weighted by Crippen LogP contribution is -2.22. The molecule has 0 bridgehead atoms. The van der Waals surface area contributed by atoms with E-state index in [0.717, 1.165) is 21.1 Å². The number of hydrogen-bond donors (Lipinski definition) is 0. The van der Waals surface area contributed by atoms with Crippen LogP contribution in [0.3, 0.4) is 0 Å². The first-order valence-corrected chi connectivity index (χ1v) is 9.06. The second kappa shape index (κ2) is 6.16. The van der Waals surface area contributed by atoms with Crippen LogP contribution < -0.4 is 19.6 Å². The van der Waals surface area contributed by atoms with E-state index in [4.69, 9.17) is 9.47 Å². The smallest absolute Gasteiger partial charge is 0.274 e. The van der Waals surface area contributed by atoms with Crippen molar-refractivity contribution < 1.29 is 9.47 Å². The molecule has 0 aliphatic heterocycles. The molecule has 0 aliphatic carbocycles. The van der Waals surface area contributed by atoms with Crippen LogP contribution in [0.15, 0.2) is 45.7 Å². The average molecular weight is 417 g/mol. The Morgan fingerprint density at radius 1 is 1.20 bits per heavy atom. The van der Waals surface area contributed by atoms with E-state index >= 15 is 0 Å². The van der Waals surface area contributed by atoms with Gasteiger partial charge in [0.25, 0.3) is 5.56 Å². The van der Waals surface area contributed by atoms with Gasteiger partial charge in [-0.25, -0.2) is 9.38 Å². The van der Waals surface area contributed by atoms with Crippen LogP contribution in [0.1, 0.15) is 5.56 Å². The molecule has 25 heavy (non-hydrogen) atoms. The summed E-state index contributed by atoms with van der Waals surface area (Å²) in [7, 11) is 3.16. The number of nitrogens with zero attached hydrogens (tertiary/aromatic N) is 2. The number of rotatable bonds is 3. The number of benzene rings is 2. The van der Waals surface area contributed by atoms with Crippen LogP contribution >= 0.6 is 27.3 Å². The highest BCUT2D eigenvalue weighted by atomic mass is 79.9. The van der Waals surface area contributed by atoms with Crippen LogP contribution in [-0.2, 0) is 0 Å². The number of fused-ring (bicyclic) bond motifs is 3. The van der Waals surface area contributed by atoms with Crippen LogP contribution in [-0.4, -0.2) is 23.6 Å². The summed E-state index contributed by atoms with van der Waals surface area (Å²) in [6, 6.07) is 11.3. The molecule has 0 fully saturated rings. The molecule has 7 heteroatoms. The van der Waals surface area contributed by atoms with E-state index in [-0.39, 0.29) is 5.56 Å². The van der Waals surface area contributed by atoms with Crippen molar-refractivity contribution in [2.24, 2.45) is 0 Å². The first kappa shape index (κ1) is 16.1. The van der Waals surface area contributed by atoms with Gasteiger partial charge in [0.1, 0.15) is 0 Å². The fraction of sp³-hybridized carbons (Fsp3) is 0.111. The van der Waals surface area contributed by atoms with Crippen LogP contribution in [0.5, 0.6) is 11.5 Å². The number of methoxy groups -OCH3 is 2. The number of ether oxygens (including phenoxy) is 2. The molecular weight excluding hydrogens is 404 g/mol. The van der Waals surface area contributed by atoms with Gasteiger partial charge < -0.3 is 9.47 Å². The first-order valence-electron chi connectivity index (χ1n) is 7.45. The van der Waals surface area contributed by atoms with Crippen molar-refractivity contribution >= 4 is 49.3 Å². The summed E-state index contributed by atoms with van der Waals surface area (Å²) in [6.07, 6.45) is 1.81. The third-order valence-corrected chi connectivity index (χ3v) is 5.33. The molecule has 0 spiro atoms. The summed E-state index contributed by atoms with van der Waals surface area (Å²) in [5, 5.41) is 0. The molecule has 5 nitrogen and oxygen atoms in total. The van der Waals surface area contributed by atoms with Crippen molar-refractivity contribution in [3.8, 4) is 11.5 Å². The Hall–Kier alpha value is -2.38. The van der Waals surface area contributed by atoms with Crippen LogP contribution in [0, 0.1) is 0 Å². The topological polar surface area (TPSA) is 52.8 Å². The van der Waals surface area contributed by atoms with Crippen molar-refractivity contribution in [1.82, 2.24) is 9.38 Å². The highest BCUT2D eigenvalue weighted by molar-refractivity contribution is 9.10. The minimum atomic E-state index is -0.0882. The van der Waals surface area contributed by atoms with Gasteiger partial charge in [-0.05, 0) is 30.3 Å². The summed E-state index contributed by atoms with van der Waals surface area (Å²) in [4.78, 5) is 18.1. The van der Waals surface area contributed by atoms with Gasteiger partial charge in [-0.1, -0.05) is 39.4 Å². The Balaban J connectivity index is 2.01. The zero-order chi connectivity index (χ0) is 17.6. The van der Waals surface area contributed by atoms with E-state index < -0.39 is 0 Å². The minimum absolute atomic E-state index is 0.0882. The van der Waals surface area contributed by atoms with Crippen molar-refractivity contribution in [2.45, 2.75) is 0 Å². The summed E-state index contributed by atoms with van der Waals surface area (Å²) in [5.41, 5.74) is 2.31. The van der Waals surface area contributed by atoms with E-state index in [1.807, 2.05) is 42.5 Å². The lowest BCUT2D eigenvalue weighted by molar-refractivity contribution is 0.354. The van der Waals surface area contributed by atoms with Gasteiger partial charge >= 0.3 is 0 Å². The second-order valence-corrected chi connectivity index (χ2v) is 7.29. The second-order valence-electron chi connectivity index (χ2n) is 5.36. The van der Waals surface area contributed by atoms with E-state index in [1.165, 1.54) is 11.3 Å². The largest absolute Gasteiger partial charge is 0.493 e. The minimum Gasteiger partial charge on any atom is -0.493 e. The molecule has 0 aliphatic rings. The molecule has 0 saturated carbocycles. The molecule has 2 heterocycles. The van der Waals surface area contributed by atoms with Crippen molar-refractivity contribution in [1.29, 1.82) is 0 Å². The first-order chi connectivity index (χ1) is 12.1. The van der Waals surface area contributed by atoms with E-state index in [1.54, 1.807) is 18.6 Å². The Morgan fingerprint density at radius 2 is 2.00 bits per heavy atom. The maximum absolute atomic E-state index is 12.9. The molecule has 0 N–H and O–H groups in total. The maximum atomic E-state index is 12.9. The van der Waals surface area contributed by atoms with Gasteiger partial charge in [0.2, 0.25) is 0 Å². The number of hydrogen-bond acceptors (Lipinski definition) is 5. The highest BCUT2D eigenvalue weighted by Gasteiger charge is 2.13. The van der Waals surface area contributed by atoms with E-state index in [2.05, 4.69) is 20.9 Å². The highest BCUT2D eigenvalue weighted by Crippen LogP contribution is 2.35. The molecule has 0 saturated heterocycles. The van der Waals surface area contributed by atoms with Crippen LogP contribution in [0.2, 0.25) is 0 Å². The number of para-hydroxylation sites is 2. The van der Waals surface area contributed by atoms with E-state index in [9.17, 15) is 4.79 Å². The standard InChI is InChI=1S/C18H13BrN2O3S/c1-23-14-9-11(19)7-10(16(14)24-2)8-15-17(22)21-13-6-4-3-5-12(13)20-18(21)25-15/h3-9H,1-2H3/b15-8+. The summed E-state index contributed by atoms with van der Waals surface area (Å²) < 4.78 is 13.9. The molecule has 0 atom stereocenters. The number of thiazole rings is 1. The fourth-order valence-electron chi connectivity index (χ4n) is 2.82. The van der Waals surface area contributed by atoms with Gasteiger partial charge in [-0.15, -0.1) is 0 Å². The van der Waals surface area contributed by atoms with Gasteiger partial charge in [-0.2, -0.15) is 0 Å². The third-order valence-electron chi connectivity index (χ3n) is 3.90. The van der Waals surface area contributed by atoms with Crippen LogP contribution in [0.4, 0.5) is 0 Å². The molecular formula is C18H13BrN2O3S. The lowest BCUT2D eigenvalue weighted by atomic mass is 10.2. The Bertz CT molecular complexity index is 1210. The maximum Gasteiger partial charge on any atom is 0.274 e. The van der Waals surface area contributed by atoms with Crippen molar-refractivity contribution in [2.75, 3.05) is 14.2 Å². The summed E-state index contributed by atoms with van der Waals surface area (Å²) >= 11 is 4.82. The fourth-order valence-corrected chi connectivity index (χ4v) is 4.25. The summed E-state index contributed by atoms with van der Waals surface area (Å²) in [6.45, 7) is 0. The molecule has 0 radical (unpaired) electrons. The molecule has 4 aromatic rings. The van der Waals surface area contributed by atoms with Gasteiger partial charge in [-0.3, -0.25) is 4.79 Å². The lowest BCUT2D eigenvalue weighted by Gasteiger charge is -2.10. The number of aromatic nitrogens is 2. The Labute approximate surface area is 155 Å².